The van der Waals surface area contributed by atoms with Crippen molar-refractivity contribution in [3.05, 3.63) is 30.1 Å². The van der Waals surface area contributed by atoms with E-state index < -0.39 is 12.0 Å². The van der Waals surface area contributed by atoms with Gasteiger partial charge in [-0.1, -0.05) is 0 Å². The van der Waals surface area contributed by atoms with Gasteiger partial charge in [-0.3, -0.25) is 4.79 Å². The fourth-order valence-corrected chi connectivity index (χ4v) is 1.28. The summed E-state index contributed by atoms with van der Waals surface area (Å²) in [6.07, 6.45) is 0.350. The van der Waals surface area contributed by atoms with Gasteiger partial charge in [-0.15, -0.1) is 0 Å². The number of carbonyl (C=O) groups is 1. The van der Waals surface area contributed by atoms with E-state index in [9.17, 15) is 9.18 Å². The lowest BCUT2D eigenvalue weighted by Crippen LogP contribution is -2.34. The Labute approximate surface area is 93.5 Å². The highest BCUT2D eigenvalue weighted by molar-refractivity contribution is 5.73. The van der Waals surface area contributed by atoms with Crippen molar-refractivity contribution in [2.75, 3.05) is 18.5 Å². The van der Waals surface area contributed by atoms with E-state index in [0.717, 1.165) is 5.69 Å². The van der Waals surface area contributed by atoms with Crippen LogP contribution < -0.4 is 10.6 Å². The van der Waals surface area contributed by atoms with Crippen LogP contribution >= 0.6 is 0 Å². The summed E-state index contributed by atoms with van der Waals surface area (Å²) in [4.78, 5) is 12.3. The molecule has 0 radical (unpaired) electrons. The summed E-state index contributed by atoms with van der Waals surface area (Å²) in [5.41, 5.74) is 6.21. The van der Waals surface area contributed by atoms with Gasteiger partial charge in [-0.05, 0) is 30.7 Å². The van der Waals surface area contributed by atoms with Crippen LogP contribution in [0.4, 0.5) is 10.1 Å². The summed E-state index contributed by atoms with van der Waals surface area (Å²) < 4.78 is 12.7. The van der Waals surface area contributed by atoms with Crippen molar-refractivity contribution in [1.29, 1.82) is 0 Å². The highest BCUT2D eigenvalue weighted by Crippen LogP contribution is 2.13. The molecule has 0 aromatic heterocycles. The first-order chi connectivity index (χ1) is 7.50. The maximum atomic E-state index is 12.7. The fraction of sp³-hybridized carbons (Fsp3) is 0.364. The molecule has 0 aliphatic heterocycles. The molecule has 0 saturated heterocycles. The molecule has 16 heavy (non-hydrogen) atoms. The number of carboxylic acid groups (broad SMARTS) is 1. The van der Waals surface area contributed by atoms with Gasteiger partial charge in [0.05, 0.1) is 0 Å². The molecule has 0 saturated carbocycles. The SMILES string of the molecule is CN(CC[C@H](N)C(=O)O)c1ccc(F)cc1. The molecule has 0 fully saturated rings. The third-order valence-corrected chi connectivity index (χ3v) is 2.36. The summed E-state index contributed by atoms with van der Waals surface area (Å²) in [7, 11) is 1.81. The first kappa shape index (κ1) is 12.4. The van der Waals surface area contributed by atoms with Gasteiger partial charge in [0.25, 0.3) is 0 Å². The van der Waals surface area contributed by atoms with Gasteiger partial charge in [0, 0.05) is 19.3 Å². The minimum Gasteiger partial charge on any atom is -0.480 e. The van der Waals surface area contributed by atoms with Crippen LogP contribution in [0.3, 0.4) is 0 Å². The van der Waals surface area contributed by atoms with E-state index in [4.69, 9.17) is 10.8 Å². The van der Waals surface area contributed by atoms with Crippen LogP contribution in [-0.4, -0.2) is 30.7 Å². The monoisotopic (exact) mass is 226 g/mol. The number of nitrogens with zero attached hydrogens (tertiary/aromatic N) is 1. The molecule has 88 valence electrons. The third-order valence-electron chi connectivity index (χ3n) is 2.36. The predicted octanol–water partition coefficient (Wildman–Crippen LogP) is 1.06. The van der Waals surface area contributed by atoms with Crippen LogP contribution in [0.15, 0.2) is 24.3 Å². The lowest BCUT2D eigenvalue weighted by atomic mass is 10.2. The van der Waals surface area contributed by atoms with E-state index in [2.05, 4.69) is 0 Å². The van der Waals surface area contributed by atoms with Crippen molar-refractivity contribution < 1.29 is 14.3 Å². The Morgan fingerprint density at radius 3 is 2.56 bits per heavy atom. The molecule has 0 bridgehead atoms. The molecule has 1 aromatic carbocycles. The lowest BCUT2D eigenvalue weighted by Gasteiger charge is -2.20. The van der Waals surface area contributed by atoms with E-state index >= 15 is 0 Å². The highest BCUT2D eigenvalue weighted by Gasteiger charge is 2.12. The number of aliphatic carboxylic acids is 1. The molecule has 3 N–H and O–H groups in total. The van der Waals surface area contributed by atoms with Crippen LogP contribution in [0.1, 0.15) is 6.42 Å². The number of nitrogens with two attached hydrogens (primary N) is 1. The molecular formula is C11H15FN2O2. The zero-order valence-electron chi connectivity index (χ0n) is 9.06. The summed E-state index contributed by atoms with van der Waals surface area (Å²) in [5, 5.41) is 8.61. The number of anilines is 1. The number of halogens is 1. The standard InChI is InChI=1S/C11H15FN2O2/c1-14(7-6-10(13)11(15)16)9-4-2-8(12)3-5-9/h2-5,10H,6-7,13H2,1H3,(H,15,16)/t10-/m0/s1. The minimum absolute atomic E-state index is 0.292. The molecule has 0 spiro atoms. The Bertz CT molecular complexity index is 354. The fourth-order valence-electron chi connectivity index (χ4n) is 1.28. The van der Waals surface area contributed by atoms with E-state index in [1.165, 1.54) is 12.1 Å². The number of benzene rings is 1. The maximum Gasteiger partial charge on any atom is 0.320 e. The first-order valence-electron chi connectivity index (χ1n) is 4.96. The van der Waals surface area contributed by atoms with Crippen LogP contribution in [0, 0.1) is 5.82 Å². The zero-order valence-corrected chi connectivity index (χ0v) is 9.06. The summed E-state index contributed by atoms with van der Waals surface area (Å²) >= 11 is 0. The Hall–Kier alpha value is -1.62. The van der Waals surface area contributed by atoms with E-state index in [1.54, 1.807) is 12.1 Å². The number of hydrogen-bond donors (Lipinski definition) is 2. The molecule has 1 atom stereocenters. The minimum atomic E-state index is -1.01. The van der Waals surface area contributed by atoms with Crippen molar-refractivity contribution in [2.24, 2.45) is 5.73 Å². The summed E-state index contributed by atoms with van der Waals surface area (Å²) in [5.74, 6) is -1.30. The Kier molecular flexibility index (Phi) is 4.25. The van der Waals surface area contributed by atoms with Crippen LogP contribution in [-0.2, 0) is 4.79 Å². The second-order valence-electron chi connectivity index (χ2n) is 3.63. The molecule has 0 aliphatic carbocycles. The Morgan fingerprint density at radius 1 is 1.50 bits per heavy atom. The molecule has 1 rings (SSSR count). The lowest BCUT2D eigenvalue weighted by molar-refractivity contribution is -0.138. The van der Waals surface area contributed by atoms with Crippen molar-refractivity contribution in [2.45, 2.75) is 12.5 Å². The number of rotatable bonds is 5. The maximum absolute atomic E-state index is 12.7. The Balaban J connectivity index is 2.49. The van der Waals surface area contributed by atoms with Crippen molar-refractivity contribution in [3.63, 3.8) is 0 Å². The van der Waals surface area contributed by atoms with Gasteiger partial charge in [0.2, 0.25) is 0 Å². The van der Waals surface area contributed by atoms with Crippen molar-refractivity contribution in [1.82, 2.24) is 0 Å². The van der Waals surface area contributed by atoms with E-state index in [1.807, 2.05) is 11.9 Å². The smallest absolute Gasteiger partial charge is 0.320 e. The first-order valence-corrected chi connectivity index (χ1v) is 4.96. The van der Waals surface area contributed by atoms with Gasteiger partial charge in [0.15, 0.2) is 0 Å². The van der Waals surface area contributed by atoms with Crippen LogP contribution in [0.25, 0.3) is 0 Å². The topological polar surface area (TPSA) is 66.6 Å². The molecule has 0 heterocycles. The number of hydrogen-bond acceptors (Lipinski definition) is 3. The van der Waals surface area contributed by atoms with Crippen molar-refractivity contribution in [3.8, 4) is 0 Å². The van der Waals surface area contributed by atoms with Gasteiger partial charge >= 0.3 is 5.97 Å². The van der Waals surface area contributed by atoms with Gasteiger partial charge in [0.1, 0.15) is 11.9 Å². The number of carboxylic acids is 1. The average Bonchev–Trinajstić information content (AvgIpc) is 2.26. The molecule has 4 nitrogen and oxygen atoms in total. The molecule has 1 aromatic rings. The molecular weight excluding hydrogens is 211 g/mol. The average molecular weight is 226 g/mol. The summed E-state index contributed by atoms with van der Waals surface area (Å²) in [6.45, 7) is 0.513. The van der Waals surface area contributed by atoms with Gasteiger partial charge < -0.3 is 15.7 Å². The quantitative estimate of drug-likeness (QED) is 0.788. The molecule has 0 amide bonds. The van der Waals surface area contributed by atoms with Crippen molar-refractivity contribution >= 4 is 11.7 Å². The second-order valence-corrected chi connectivity index (χ2v) is 3.63. The van der Waals surface area contributed by atoms with Crippen LogP contribution in [0.2, 0.25) is 0 Å². The largest absolute Gasteiger partial charge is 0.480 e. The third kappa shape index (κ3) is 3.51. The second kappa shape index (κ2) is 5.46. The summed E-state index contributed by atoms with van der Waals surface area (Å²) in [6, 6.07) is 5.15. The molecule has 0 aliphatic rings. The highest BCUT2D eigenvalue weighted by atomic mass is 19.1. The van der Waals surface area contributed by atoms with E-state index in [0.29, 0.717) is 13.0 Å². The van der Waals surface area contributed by atoms with E-state index in [-0.39, 0.29) is 5.82 Å². The van der Waals surface area contributed by atoms with Gasteiger partial charge in [-0.25, -0.2) is 4.39 Å². The normalized spacial score (nSPS) is 12.2. The van der Waals surface area contributed by atoms with Gasteiger partial charge in [-0.2, -0.15) is 0 Å². The predicted molar refractivity (Wildman–Crippen MR) is 59.9 cm³/mol. The zero-order chi connectivity index (χ0) is 12.1. The van der Waals surface area contributed by atoms with Crippen LogP contribution in [0.5, 0.6) is 0 Å². The molecule has 5 heteroatoms. The Morgan fingerprint density at radius 2 is 2.06 bits per heavy atom. The molecule has 0 unspecified atom stereocenters.